The van der Waals surface area contributed by atoms with Crippen LogP contribution in [0.15, 0.2) is 71.6 Å². The number of carbonyl (C=O) groups is 1. The number of halogens is 1. The standard InChI is InChI=1S/C26H29ClN2O6S/c1-33-23-9-5-4-7-19(23)8-6-16-28-26(30)18-29(21-12-10-20(27)11-13-21)36(31,32)22-14-15-24(34-2)25(17-22)35-3/h4-5,7,9-15,17H,6,8,16,18H2,1-3H3,(H,28,30). The van der Waals surface area contributed by atoms with Crippen LogP contribution in [-0.4, -0.2) is 48.7 Å². The number of benzene rings is 3. The highest BCUT2D eigenvalue weighted by molar-refractivity contribution is 7.92. The third kappa shape index (κ3) is 6.61. The SMILES string of the molecule is COc1ccccc1CCCNC(=O)CN(c1ccc(Cl)cc1)S(=O)(=O)c1ccc(OC)c(OC)c1. The molecule has 0 fully saturated rings. The average Bonchev–Trinajstić information content (AvgIpc) is 2.90. The van der Waals surface area contributed by atoms with Gasteiger partial charge in [0.2, 0.25) is 5.91 Å². The van der Waals surface area contributed by atoms with E-state index in [-0.39, 0.29) is 10.6 Å². The van der Waals surface area contributed by atoms with Crippen LogP contribution in [0, 0.1) is 0 Å². The van der Waals surface area contributed by atoms with Gasteiger partial charge in [0.1, 0.15) is 12.3 Å². The van der Waals surface area contributed by atoms with E-state index in [1.165, 1.54) is 32.4 Å². The number of nitrogens with zero attached hydrogens (tertiary/aromatic N) is 1. The molecule has 0 radical (unpaired) electrons. The Morgan fingerprint density at radius 1 is 0.889 bits per heavy atom. The molecule has 3 aromatic rings. The summed E-state index contributed by atoms with van der Waals surface area (Å²) in [6.07, 6.45) is 1.37. The zero-order valence-corrected chi connectivity index (χ0v) is 21.9. The number of aryl methyl sites for hydroxylation is 1. The van der Waals surface area contributed by atoms with Gasteiger partial charge in [0, 0.05) is 17.6 Å². The second kappa shape index (κ2) is 12.5. The molecule has 10 heteroatoms. The van der Waals surface area contributed by atoms with Gasteiger partial charge in [-0.3, -0.25) is 9.10 Å². The van der Waals surface area contributed by atoms with Crippen LogP contribution in [0.3, 0.4) is 0 Å². The van der Waals surface area contributed by atoms with Gasteiger partial charge in [-0.2, -0.15) is 0 Å². The number of ether oxygens (including phenoxy) is 3. The van der Waals surface area contributed by atoms with E-state index >= 15 is 0 Å². The normalized spacial score (nSPS) is 11.0. The Bertz CT molecular complexity index is 1280. The molecule has 8 nitrogen and oxygen atoms in total. The van der Waals surface area contributed by atoms with E-state index in [9.17, 15) is 13.2 Å². The molecule has 3 aromatic carbocycles. The molecule has 0 heterocycles. The first-order valence-corrected chi connectivity index (χ1v) is 13.0. The van der Waals surface area contributed by atoms with Crippen molar-refractivity contribution < 1.29 is 27.4 Å². The number of amides is 1. The molecule has 0 saturated heterocycles. The van der Waals surface area contributed by atoms with Crippen LogP contribution in [0.25, 0.3) is 0 Å². The minimum atomic E-state index is -4.12. The fourth-order valence-electron chi connectivity index (χ4n) is 3.63. The molecule has 0 atom stereocenters. The highest BCUT2D eigenvalue weighted by Gasteiger charge is 2.28. The van der Waals surface area contributed by atoms with Crippen molar-refractivity contribution in [3.05, 3.63) is 77.3 Å². The Balaban J connectivity index is 1.76. The molecule has 0 aromatic heterocycles. The number of sulfonamides is 1. The van der Waals surface area contributed by atoms with E-state index in [2.05, 4.69) is 5.32 Å². The molecule has 0 aliphatic heterocycles. The molecule has 0 bridgehead atoms. The molecule has 0 aliphatic rings. The number of methoxy groups -OCH3 is 3. The van der Waals surface area contributed by atoms with Gasteiger partial charge in [-0.05, 0) is 60.9 Å². The van der Waals surface area contributed by atoms with E-state index in [0.717, 1.165) is 15.6 Å². The lowest BCUT2D eigenvalue weighted by Gasteiger charge is -2.24. The van der Waals surface area contributed by atoms with Gasteiger partial charge in [0.15, 0.2) is 11.5 Å². The minimum absolute atomic E-state index is 0.0425. The van der Waals surface area contributed by atoms with Crippen LogP contribution >= 0.6 is 11.6 Å². The Hall–Kier alpha value is -3.43. The molecular formula is C26H29ClN2O6S. The van der Waals surface area contributed by atoms with Crippen LogP contribution < -0.4 is 23.8 Å². The predicted molar refractivity (Wildman–Crippen MR) is 140 cm³/mol. The van der Waals surface area contributed by atoms with Crippen molar-refractivity contribution >= 4 is 33.2 Å². The van der Waals surface area contributed by atoms with Crippen LogP contribution in [0.5, 0.6) is 17.2 Å². The summed E-state index contributed by atoms with van der Waals surface area (Å²) in [7, 11) is 0.374. The lowest BCUT2D eigenvalue weighted by molar-refractivity contribution is -0.119. The summed E-state index contributed by atoms with van der Waals surface area (Å²) in [5.74, 6) is 1.01. The molecule has 3 rings (SSSR count). The number of para-hydroxylation sites is 1. The molecule has 0 unspecified atom stereocenters. The van der Waals surface area contributed by atoms with E-state index in [4.69, 9.17) is 25.8 Å². The third-order valence-electron chi connectivity index (χ3n) is 5.48. The quantitative estimate of drug-likeness (QED) is 0.349. The van der Waals surface area contributed by atoms with Crippen molar-refractivity contribution in [2.75, 3.05) is 38.7 Å². The highest BCUT2D eigenvalue weighted by atomic mass is 35.5. The van der Waals surface area contributed by atoms with E-state index in [1.807, 2.05) is 24.3 Å². The fourth-order valence-corrected chi connectivity index (χ4v) is 5.19. The summed E-state index contributed by atoms with van der Waals surface area (Å²) in [5.41, 5.74) is 1.34. The monoisotopic (exact) mass is 532 g/mol. The Morgan fingerprint density at radius 2 is 1.56 bits per heavy atom. The maximum absolute atomic E-state index is 13.6. The van der Waals surface area contributed by atoms with Crippen molar-refractivity contribution in [1.29, 1.82) is 0 Å². The molecule has 1 N–H and O–H groups in total. The average molecular weight is 533 g/mol. The third-order valence-corrected chi connectivity index (χ3v) is 7.50. The zero-order chi connectivity index (χ0) is 26.1. The summed E-state index contributed by atoms with van der Waals surface area (Å²) in [5, 5.41) is 3.26. The number of rotatable bonds is 12. The van der Waals surface area contributed by atoms with E-state index in [1.54, 1.807) is 31.4 Å². The van der Waals surface area contributed by atoms with Gasteiger partial charge in [-0.15, -0.1) is 0 Å². The van der Waals surface area contributed by atoms with Crippen LogP contribution in [-0.2, 0) is 21.2 Å². The van der Waals surface area contributed by atoms with Gasteiger partial charge < -0.3 is 19.5 Å². The number of hydrogen-bond acceptors (Lipinski definition) is 6. The maximum Gasteiger partial charge on any atom is 0.264 e. The van der Waals surface area contributed by atoms with Crippen LogP contribution in [0.1, 0.15) is 12.0 Å². The van der Waals surface area contributed by atoms with Crippen molar-refractivity contribution in [2.45, 2.75) is 17.7 Å². The van der Waals surface area contributed by atoms with E-state index in [0.29, 0.717) is 35.8 Å². The first-order chi connectivity index (χ1) is 17.3. The Labute approximate surface area is 216 Å². The maximum atomic E-state index is 13.6. The second-order valence-corrected chi connectivity index (χ2v) is 10.1. The lowest BCUT2D eigenvalue weighted by Crippen LogP contribution is -2.41. The predicted octanol–water partition coefficient (Wildman–Crippen LogP) is 4.31. The molecule has 1 amide bonds. The van der Waals surface area contributed by atoms with Gasteiger partial charge in [0.05, 0.1) is 31.9 Å². The minimum Gasteiger partial charge on any atom is -0.496 e. The van der Waals surface area contributed by atoms with Gasteiger partial charge in [-0.1, -0.05) is 29.8 Å². The first kappa shape index (κ1) is 27.2. The number of nitrogens with one attached hydrogen (secondary N) is 1. The zero-order valence-electron chi connectivity index (χ0n) is 20.4. The second-order valence-electron chi connectivity index (χ2n) is 7.77. The van der Waals surface area contributed by atoms with Crippen LogP contribution in [0.2, 0.25) is 5.02 Å². The fraction of sp³-hybridized carbons (Fsp3) is 0.269. The number of hydrogen-bond donors (Lipinski definition) is 1. The van der Waals surface area contributed by atoms with E-state index < -0.39 is 22.5 Å². The van der Waals surface area contributed by atoms with Crippen molar-refractivity contribution in [2.24, 2.45) is 0 Å². The summed E-state index contributed by atoms with van der Waals surface area (Å²) in [6.45, 7) is -0.0330. The van der Waals surface area contributed by atoms with Crippen molar-refractivity contribution in [3.8, 4) is 17.2 Å². The highest BCUT2D eigenvalue weighted by Crippen LogP contribution is 2.32. The largest absolute Gasteiger partial charge is 0.496 e. The van der Waals surface area contributed by atoms with Crippen molar-refractivity contribution in [1.82, 2.24) is 5.32 Å². The van der Waals surface area contributed by atoms with Gasteiger partial charge >= 0.3 is 0 Å². The summed E-state index contributed by atoms with van der Waals surface area (Å²) < 4.78 is 44.1. The van der Waals surface area contributed by atoms with Crippen LogP contribution in [0.4, 0.5) is 5.69 Å². The summed E-state index contributed by atoms with van der Waals surface area (Å²) in [4.78, 5) is 12.8. The summed E-state index contributed by atoms with van der Waals surface area (Å²) in [6, 6.07) is 18.2. The molecule has 36 heavy (non-hydrogen) atoms. The smallest absolute Gasteiger partial charge is 0.264 e. The molecular weight excluding hydrogens is 504 g/mol. The van der Waals surface area contributed by atoms with Gasteiger partial charge in [0.25, 0.3) is 10.0 Å². The Morgan fingerprint density at radius 3 is 2.22 bits per heavy atom. The van der Waals surface area contributed by atoms with Gasteiger partial charge in [-0.25, -0.2) is 8.42 Å². The number of anilines is 1. The molecule has 0 spiro atoms. The molecule has 0 aliphatic carbocycles. The molecule has 192 valence electrons. The first-order valence-electron chi connectivity index (χ1n) is 11.2. The number of carbonyl (C=O) groups excluding carboxylic acids is 1. The summed E-state index contributed by atoms with van der Waals surface area (Å²) >= 11 is 6.00. The topological polar surface area (TPSA) is 94.2 Å². The van der Waals surface area contributed by atoms with Crippen molar-refractivity contribution in [3.63, 3.8) is 0 Å². The Kier molecular flexibility index (Phi) is 9.44. The molecule has 0 saturated carbocycles. The lowest BCUT2D eigenvalue weighted by atomic mass is 10.1.